The zero-order valence-electron chi connectivity index (χ0n) is 8.62. The second-order valence-corrected chi connectivity index (χ2v) is 2.86. The first-order valence-corrected chi connectivity index (χ1v) is 4.73. The van der Waals surface area contributed by atoms with Gasteiger partial charge in [-0.2, -0.15) is 0 Å². The van der Waals surface area contributed by atoms with E-state index in [9.17, 15) is 0 Å². The number of aliphatic hydroxyl groups excluding tert-OH is 1. The number of rotatable bonds is 5. The van der Waals surface area contributed by atoms with Crippen molar-refractivity contribution in [1.29, 1.82) is 0 Å². The van der Waals surface area contributed by atoms with Crippen LogP contribution in [-0.2, 0) is 6.42 Å². The molecule has 78 valence electrons. The van der Waals surface area contributed by atoms with E-state index in [-0.39, 0.29) is 6.61 Å². The van der Waals surface area contributed by atoms with Crippen LogP contribution in [0, 0.1) is 0 Å². The highest BCUT2D eigenvalue weighted by Gasteiger charge is 2.08. The highest BCUT2D eigenvalue weighted by atomic mass is 16.5. The first kappa shape index (κ1) is 10.9. The largest absolute Gasteiger partial charge is 0.493 e. The molecular weight excluding hydrogens is 180 g/mol. The Morgan fingerprint density at radius 2 is 2.14 bits per heavy atom. The number of aliphatic hydroxyl groups is 1. The van der Waals surface area contributed by atoms with Gasteiger partial charge in [0.2, 0.25) is 0 Å². The van der Waals surface area contributed by atoms with E-state index >= 15 is 0 Å². The van der Waals surface area contributed by atoms with Gasteiger partial charge in [0.25, 0.3) is 0 Å². The Morgan fingerprint density at radius 1 is 1.36 bits per heavy atom. The summed E-state index contributed by atoms with van der Waals surface area (Å²) in [6.45, 7) is 2.64. The molecule has 0 radical (unpaired) electrons. The Kier molecular flexibility index (Phi) is 4.26. The summed E-state index contributed by atoms with van der Waals surface area (Å²) in [6, 6.07) is 5.68. The predicted octanol–water partition coefficient (Wildman–Crippen LogP) is 1.63. The zero-order chi connectivity index (χ0) is 10.4. The van der Waals surface area contributed by atoms with Crippen molar-refractivity contribution in [3.8, 4) is 11.5 Å². The summed E-state index contributed by atoms with van der Waals surface area (Å²) in [4.78, 5) is 0. The number of hydrogen-bond acceptors (Lipinski definition) is 3. The van der Waals surface area contributed by atoms with Gasteiger partial charge in [0.15, 0.2) is 11.5 Å². The zero-order valence-corrected chi connectivity index (χ0v) is 8.62. The van der Waals surface area contributed by atoms with Gasteiger partial charge < -0.3 is 14.6 Å². The van der Waals surface area contributed by atoms with E-state index in [1.807, 2.05) is 25.1 Å². The van der Waals surface area contributed by atoms with Gasteiger partial charge in [-0.15, -0.1) is 0 Å². The summed E-state index contributed by atoms with van der Waals surface area (Å²) in [7, 11) is 1.61. The van der Waals surface area contributed by atoms with Crippen molar-refractivity contribution < 1.29 is 14.6 Å². The minimum atomic E-state index is 0.118. The Hall–Kier alpha value is -1.22. The highest BCUT2D eigenvalue weighted by molar-refractivity contribution is 5.46. The van der Waals surface area contributed by atoms with Gasteiger partial charge in [-0.1, -0.05) is 12.1 Å². The second kappa shape index (κ2) is 5.50. The second-order valence-electron chi connectivity index (χ2n) is 2.86. The molecule has 0 saturated carbocycles. The number of ether oxygens (including phenoxy) is 2. The molecule has 0 amide bonds. The quantitative estimate of drug-likeness (QED) is 0.777. The van der Waals surface area contributed by atoms with Crippen LogP contribution in [0.4, 0.5) is 0 Å². The van der Waals surface area contributed by atoms with Gasteiger partial charge in [-0.3, -0.25) is 0 Å². The fourth-order valence-electron chi connectivity index (χ4n) is 1.35. The molecule has 0 heterocycles. The molecule has 3 nitrogen and oxygen atoms in total. The van der Waals surface area contributed by atoms with Gasteiger partial charge in [0, 0.05) is 12.2 Å². The molecule has 1 rings (SSSR count). The van der Waals surface area contributed by atoms with Crippen LogP contribution in [0.25, 0.3) is 0 Å². The van der Waals surface area contributed by atoms with Gasteiger partial charge in [0.1, 0.15) is 0 Å². The van der Waals surface area contributed by atoms with Gasteiger partial charge in [0.05, 0.1) is 13.7 Å². The van der Waals surface area contributed by atoms with Crippen molar-refractivity contribution in [2.75, 3.05) is 20.3 Å². The van der Waals surface area contributed by atoms with Gasteiger partial charge in [-0.05, 0) is 19.4 Å². The number of hydrogen-bond donors (Lipinski definition) is 1. The molecule has 0 unspecified atom stereocenters. The third kappa shape index (κ3) is 2.39. The van der Waals surface area contributed by atoms with Crippen LogP contribution in [0.5, 0.6) is 11.5 Å². The van der Waals surface area contributed by atoms with Crippen LogP contribution in [-0.4, -0.2) is 25.4 Å². The van der Waals surface area contributed by atoms with E-state index in [1.54, 1.807) is 7.11 Å². The fourth-order valence-corrected chi connectivity index (χ4v) is 1.35. The Morgan fingerprint density at radius 3 is 2.71 bits per heavy atom. The van der Waals surface area contributed by atoms with Crippen LogP contribution in [0.15, 0.2) is 18.2 Å². The number of methoxy groups -OCH3 is 1. The summed E-state index contributed by atoms with van der Waals surface area (Å²) in [5, 5.41) is 8.88. The molecule has 14 heavy (non-hydrogen) atoms. The maximum Gasteiger partial charge on any atom is 0.164 e. The van der Waals surface area contributed by atoms with Crippen LogP contribution in [0.1, 0.15) is 12.5 Å². The minimum absolute atomic E-state index is 0.118. The molecule has 1 aromatic rings. The van der Waals surface area contributed by atoms with E-state index in [4.69, 9.17) is 14.6 Å². The molecule has 0 aromatic heterocycles. The summed E-state index contributed by atoms with van der Waals surface area (Å²) in [6.07, 6.45) is 0.590. The molecule has 0 atom stereocenters. The summed E-state index contributed by atoms with van der Waals surface area (Å²) in [5.74, 6) is 1.46. The minimum Gasteiger partial charge on any atom is -0.493 e. The summed E-state index contributed by atoms with van der Waals surface area (Å²) >= 11 is 0. The smallest absolute Gasteiger partial charge is 0.164 e. The third-order valence-corrected chi connectivity index (χ3v) is 1.95. The van der Waals surface area contributed by atoms with Crippen LogP contribution < -0.4 is 9.47 Å². The van der Waals surface area contributed by atoms with E-state index in [1.165, 1.54) is 0 Å². The summed E-state index contributed by atoms with van der Waals surface area (Å²) in [5.41, 5.74) is 0.980. The normalized spacial score (nSPS) is 9.93. The first-order valence-electron chi connectivity index (χ1n) is 4.73. The summed E-state index contributed by atoms with van der Waals surface area (Å²) < 4.78 is 10.7. The van der Waals surface area contributed by atoms with E-state index in [0.29, 0.717) is 13.0 Å². The van der Waals surface area contributed by atoms with E-state index < -0.39 is 0 Å². The van der Waals surface area contributed by atoms with E-state index in [2.05, 4.69) is 0 Å². The molecule has 1 N–H and O–H groups in total. The number of benzene rings is 1. The molecule has 0 bridgehead atoms. The Balaban J connectivity index is 3.00. The maximum atomic E-state index is 8.88. The molecule has 0 aliphatic heterocycles. The fraction of sp³-hybridized carbons (Fsp3) is 0.455. The van der Waals surface area contributed by atoms with Crippen molar-refractivity contribution >= 4 is 0 Å². The van der Waals surface area contributed by atoms with E-state index in [0.717, 1.165) is 17.1 Å². The molecule has 0 saturated heterocycles. The van der Waals surface area contributed by atoms with Crippen molar-refractivity contribution in [2.45, 2.75) is 13.3 Å². The van der Waals surface area contributed by atoms with Crippen LogP contribution in [0.3, 0.4) is 0 Å². The molecule has 0 aliphatic rings. The van der Waals surface area contributed by atoms with Crippen LogP contribution in [0.2, 0.25) is 0 Å². The molecule has 0 spiro atoms. The standard InChI is InChI=1S/C11H16O3/c1-3-14-11-9(7-8-12)5-4-6-10(11)13-2/h4-6,12H,3,7-8H2,1-2H3. The monoisotopic (exact) mass is 196 g/mol. The highest BCUT2D eigenvalue weighted by Crippen LogP contribution is 2.31. The lowest BCUT2D eigenvalue weighted by atomic mass is 10.1. The molecule has 0 fully saturated rings. The molecule has 0 aliphatic carbocycles. The van der Waals surface area contributed by atoms with Crippen LogP contribution >= 0.6 is 0 Å². The third-order valence-electron chi connectivity index (χ3n) is 1.95. The van der Waals surface area contributed by atoms with Crippen molar-refractivity contribution in [3.63, 3.8) is 0 Å². The maximum absolute atomic E-state index is 8.88. The SMILES string of the molecule is CCOc1c(CCO)cccc1OC. The average Bonchev–Trinajstić information content (AvgIpc) is 2.21. The average molecular weight is 196 g/mol. The van der Waals surface area contributed by atoms with Gasteiger partial charge >= 0.3 is 0 Å². The number of para-hydroxylation sites is 1. The van der Waals surface area contributed by atoms with Crippen molar-refractivity contribution in [2.24, 2.45) is 0 Å². The first-order chi connectivity index (χ1) is 6.83. The molecule has 1 aromatic carbocycles. The molecule has 3 heteroatoms. The lowest BCUT2D eigenvalue weighted by molar-refractivity contribution is 0.286. The Labute approximate surface area is 84.3 Å². The van der Waals surface area contributed by atoms with Gasteiger partial charge in [-0.25, -0.2) is 0 Å². The van der Waals surface area contributed by atoms with Crippen molar-refractivity contribution in [3.05, 3.63) is 23.8 Å². The molecular formula is C11H16O3. The predicted molar refractivity (Wildman–Crippen MR) is 55.0 cm³/mol. The lowest BCUT2D eigenvalue weighted by Gasteiger charge is -2.13. The van der Waals surface area contributed by atoms with Crippen molar-refractivity contribution in [1.82, 2.24) is 0 Å². The topological polar surface area (TPSA) is 38.7 Å². The lowest BCUT2D eigenvalue weighted by Crippen LogP contribution is -2.01. The Bertz CT molecular complexity index is 284.